The summed E-state index contributed by atoms with van der Waals surface area (Å²) in [6, 6.07) is 4.27. The van der Waals surface area contributed by atoms with Gasteiger partial charge in [0.05, 0.1) is 0 Å². The van der Waals surface area contributed by atoms with Gasteiger partial charge in [-0.15, -0.1) is 0 Å². The van der Waals surface area contributed by atoms with Gasteiger partial charge in [0.15, 0.2) is 0 Å². The number of carbonyl (C=O) groups is 1. The molecule has 0 radical (unpaired) electrons. The van der Waals surface area contributed by atoms with Crippen LogP contribution in [0.4, 0.5) is 4.39 Å². The first kappa shape index (κ1) is 10.3. The summed E-state index contributed by atoms with van der Waals surface area (Å²) < 4.78 is 13.4. The molecule has 0 aliphatic heterocycles. The fourth-order valence-electron chi connectivity index (χ4n) is 1.02. The van der Waals surface area contributed by atoms with Gasteiger partial charge in [0.2, 0.25) is 0 Å². The summed E-state index contributed by atoms with van der Waals surface area (Å²) >= 11 is 3.11. The summed E-state index contributed by atoms with van der Waals surface area (Å²) in [5.41, 5.74) is 0.589. The van der Waals surface area contributed by atoms with E-state index in [4.69, 9.17) is 5.11 Å². The van der Waals surface area contributed by atoms with Crippen LogP contribution in [-0.2, 0) is 11.2 Å². The van der Waals surface area contributed by atoms with E-state index >= 15 is 0 Å². The van der Waals surface area contributed by atoms with E-state index in [-0.39, 0.29) is 12.2 Å². The monoisotopic (exact) mass is 246 g/mol. The van der Waals surface area contributed by atoms with Gasteiger partial charge in [-0.3, -0.25) is 0 Å². The molecule has 13 heavy (non-hydrogen) atoms. The fraction of sp³-hybridized carbons (Fsp3) is 0.222. The number of aldehydes is 1. The van der Waals surface area contributed by atoms with Crippen LogP contribution in [0.1, 0.15) is 5.56 Å². The van der Waals surface area contributed by atoms with Crippen LogP contribution >= 0.6 is 15.9 Å². The van der Waals surface area contributed by atoms with Gasteiger partial charge < -0.3 is 9.90 Å². The van der Waals surface area contributed by atoms with Crippen LogP contribution in [0.2, 0.25) is 0 Å². The number of benzene rings is 1. The molecule has 1 N–H and O–H groups in total. The van der Waals surface area contributed by atoms with Crippen molar-refractivity contribution in [2.75, 3.05) is 0 Å². The first-order valence-electron chi connectivity index (χ1n) is 3.70. The number of hydrogen-bond acceptors (Lipinski definition) is 2. The molecule has 0 saturated carbocycles. The Labute approximate surface area is 83.5 Å². The summed E-state index contributed by atoms with van der Waals surface area (Å²) in [5.74, 6) is -0.387. The van der Waals surface area contributed by atoms with E-state index < -0.39 is 6.10 Å². The maximum Gasteiger partial charge on any atom is 0.148 e. The van der Waals surface area contributed by atoms with Gasteiger partial charge in [-0.05, 0) is 23.8 Å². The molecule has 1 aromatic carbocycles. The van der Waals surface area contributed by atoms with Crippen LogP contribution in [0, 0.1) is 5.82 Å². The third kappa shape index (κ3) is 3.24. The topological polar surface area (TPSA) is 37.3 Å². The Morgan fingerprint density at radius 1 is 1.54 bits per heavy atom. The van der Waals surface area contributed by atoms with Crippen LogP contribution in [0.25, 0.3) is 0 Å². The highest BCUT2D eigenvalue weighted by Crippen LogP contribution is 2.15. The molecular weight excluding hydrogens is 239 g/mol. The minimum absolute atomic E-state index is 0.139. The summed E-state index contributed by atoms with van der Waals surface area (Å²) in [4.78, 5) is 10.1. The Bertz CT molecular complexity index is 294. The Hall–Kier alpha value is -0.740. The largest absolute Gasteiger partial charge is 0.385 e. The van der Waals surface area contributed by atoms with Crippen molar-refractivity contribution in [3.05, 3.63) is 34.1 Å². The summed E-state index contributed by atoms with van der Waals surface area (Å²) in [7, 11) is 0. The van der Waals surface area contributed by atoms with Crippen molar-refractivity contribution >= 4 is 22.2 Å². The second kappa shape index (κ2) is 4.48. The van der Waals surface area contributed by atoms with E-state index in [1.165, 1.54) is 12.1 Å². The molecule has 0 heterocycles. The molecule has 0 aliphatic rings. The Morgan fingerprint density at radius 3 is 2.77 bits per heavy atom. The van der Waals surface area contributed by atoms with Gasteiger partial charge >= 0.3 is 0 Å². The standard InChI is InChI=1S/C9H8BrFO2/c10-7-1-6(2-8(11)4-7)3-9(13)5-12/h1-2,4-5,9,13H,3H2. The molecule has 0 bridgehead atoms. The summed E-state index contributed by atoms with van der Waals surface area (Å²) in [6.45, 7) is 0. The second-order valence-electron chi connectivity index (χ2n) is 2.69. The van der Waals surface area contributed by atoms with Crippen molar-refractivity contribution in [2.24, 2.45) is 0 Å². The highest BCUT2D eigenvalue weighted by Gasteiger charge is 2.05. The van der Waals surface area contributed by atoms with E-state index in [2.05, 4.69) is 15.9 Å². The molecule has 0 aromatic heterocycles. The van der Waals surface area contributed by atoms with Gasteiger partial charge in [0.1, 0.15) is 18.2 Å². The van der Waals surface area contributed by atoms with E-state index in [0.29, 0.717) is 16.3 Å². The minimum Gasteiger partial charge on any atom is -0.385 e. The lowest BCUT2D eigenvalue weighted by Gasteiger charge is -2.03. The summed E-state index contributed by atoms with van der Waals surface area (Å²) in [5, 5.41) is 8.99. The van der Waals surface area contributed by atoms with Gasteiger partial charge in [0.25, 0.3) is 0 Å². The van der Waals surface area contributed by atoms with Gasteiger partial charge in [-0.25, -0.2) is 4.39 Å². The van der Waals surface area contributed by atoms with Gasteiger partial charge in [-0.1, -0.05) is 15.9 Å². The Morgan fingerprint density at radius 2 is 2.23 bits per heavy atom. The van der Waals surface area contributed by atoms with Crippen LogP contribution in [0.3, 0.4) is 0 Å². The number of aliphatic hydroxyl groups excluding tert-OH is 1. The first-order chi connectivity index (χ1) is 6.11. The van der Waals surface area contributed by atoms with Crippen molar-refractivity contribution < 1.29 is 14.3 Å². The number of halogens is 2. The van der Waals surface area contributed by atoms with Crippen molar-refractivity contribution in [3.63, 3.8) is 0 Å². The third-order valence-electron chi connectivity index (χ3n) is 1.52. The minimum atomic E-state index is -1.06. The van der Waals surface area contributed by atoms with Crippen molar-refractivity contribution in [1.29, 1.82) is 0 Å². The smallest absolute Gasteiger partial charge is 0.148 e. The lowest BCUT2D eigenvalue weighted by molar-refractivity contribution is -0.114. The predicted octanol–water partition coefficient (Wildman–Crippen LogP) is 1.69. The second-order valence-corrected chi connectivity index (χ2v) is 3.60. The summed E-state index contributed by atoms with van der Waals surface area (Å²) in [6.07, 6.45) is -0.493. The first-order valence-corrected chi connectivity index (χ1v) is 4.49. The molecule has 1 unspecified atom stereocenters. The molecule has 70 valence electrons. The molecule has 0 fully saturated rings. The molecule has 1 rings (SSSR count). The highest BCUT2D eigenvalue weighted by molar-refractivity contribution is 9.10. The molecular formula is C9H8BrFO2. The fourth-order valence-corrected chi connectivity index (χ4v) is 1.53. The maximum absolute atomic E-state index is 12.8. The van der Waals surface area contributed by atoms with Crippen LogP contribution in [0.15, 0.2) is 22.7 Å². The number of hydrogen-bond donors (Lipinski definition) is 1. The van der Waals surface area contributed by atoms with Gasteiger partial charge in [0, 0.05) is 10.9 Å². The molecule has 1 atom stereocenters. The van der Waals surface area contributed by atoms with Crippen molar-refractivity contribution in [2.45, 2.75) is 12.5 Å². The average molecular weight is 247 g/mol. The van der Waals surface area contributed by atoms with E-state index in [1.54, 1.807) is 6.07 Å². The lowest BCUT2D eigenvalue weighted by Crippen LogP contribution is -2.11. The van der Waals surface area contributed by atoms with Crippen LogP contribution in [-0.4, -0.2) is 17.5 Å². The van der Waals surface area contributed by atoms with E-state index in [9.17, 15) is 9.18 Å². The van der Waals surface area contributed by atoms with Crippen molar-refractivity contribution in [3.8, 4) is 0 Å². The maximum atomic E-state index is 12.8. The highest BCUT2D eigenvalue weighted by atomic mass is 79.9. The Kier molecular flexibility index (Phi) is 3.57. The average Bonchev–Trinajstić information content (AvgIpc) is 2.02. The molecule has 2 nitrogen and oxygen atoms in total. The van der Waals surface area contributed by atoms with E-state index in [1.807, 2.05) is 0 Å². The number of carbonyl (C=O) groups excluding carboxylic acids is 1. The molecule has 0 spiro atoms. The SMILES string of the molecule is O=CC(O)Cc1cc(F)cc(Br)c1. The molecule has 0 amide bonds. The predicted molar refractivity (Wildman–Crippen MR) is 49.9 cm³/mol. The molecule has 0 saturated heterocycles. The number of aliphatic hydroxyl groups is 1. The zero-order valence-electron chi connectivity index (χ0n) is 6.71. The van der Waals surface area contributed by atoms with Crippen LogP contribution in [0.5, 0.6) is 0 Å². The molecule has 1 aromatic rings. The normalized spacial score (nSPS) is 12.5. The quantitative estimate of drug-likeness (QED) is 0.825. The van der Waals surface area contributed by atoms with Crippen molar-refractivity contribution in [1.82, 2.24) is 0 Å². The molecule has 0 aliphatic carbocycles. The number of rotatable bonds is 3. The van der Waals surface area contributed by atoms with Crippen LogP contribution < -0.4 is 0 Å². The zero-order valence-corrected chi connectivity index (χ0v) is 8.29. The Balaban J connectivity index is 2.82. The van der Waals surface area contributed by atoms with Gasteiger partial charge in [-0.2, -0.15) is 0 Å². The lowest BCUT2D eigenvalue weighted by atomic mass is 10.1. The molecule has 4 heteroatoms. The zero-order chi connectivity index (χ0) is 9.84. The van der Waals surface area contributed by atoms with E-state index in [0.717, 1.165) is 0 Å². The third-order valence-corrected chi connectivity index (χ3v) is 1.98.